The number of halogens is 1. The number of anilines is 1. The average molecular weight is 275 g/mol. The summed E-state index contributed by atoms with van der Waals surface area (Å²) < 4.78 is 5.93. The van der Waals surface area contributed by atoms with Crippen molar-refractivity contribution in [3.8, 4) is 5.75 Å². The van der Waals surface area contributed by atoms with E-state index in [2.05, 4.69) is 24.0 Å². The first-order valence-corrected chi connectivity index (χ1v) is 6.65. The van der Waals surface area contributed by atoms with Gasteiger partial charge in [0.15, 0.2) is 0 Å². The molecule has 1 atom stereocenters. The highest BCUT2D eigenvalue weighted by Gasteiger charge is 2.23. The monoisotopic (exact) mass is 274 g/mol. The maximum atomic E-state index is 5.95. The second kappa shape index (κ2) is 4.74. The standard InChI is InChI=1S/C15H15ClN2O/c1-9-2-3-14-10(4-9)6-13(19-14)7-11-5-12(16)8-18-15(11)17/h2-5,8,13H,6-7H2,1H3,(H2,17,18). The van der Waals surface area contributed by atoms with E-state index in [1.807, 2.05) is 12.1 Å². The van der Waals surface area contributed by atoms with Gasteiger partial charge in [-0.2, -0.15) is 0 Å². The van der Waals surface area contributed by atoms with Gasteiger partial charge in [0.25, 0.3) is 0 Å². The number of rotatable bonds is 2. The normalized spacial score (nSPS) is 17.1. The van der Waals surface area contributed by atoms with Gasteiger partial charge >= 0.3 is 0 Å². The van der Waals surface area contributed by atoms with Gasteiger partial charge in [0.1, 0.15) is 17.7 Å². The van der Waals surface area contributed by atoms with Crippen molar-refractivity contribution < 1.29 is 4.74 Å². The van der Waals surface area contributed by atoms with Crippen LogP contribution in [0.4, 0.5) is 5.82 Å². The molecule has 2 N–H and O–H groups in total. The third-order valence-corrected chi connectivity index (χ3v) is 3.58. The second-order valence-electron chi connectivity index (χ2n) is 4.96. The van der Waals surface area contributed by atoms with Crippen molar-refractivity contribution in [1.82, 2.24) is 4.98 Å². The van der Waals surface area contributed by atoms with Gasteiger partial charge in [-0.05, 0) is 30.2 Å². The van der Waals surface area contributed by atoms with Crippen molar-refractivity contribution in [2.24, 2.45) is 0 Å². The fraction of sp³-hybridized carbons (Fsp3) is 0.267. The quantitative estimate of drug-likeness (QED) is 0.915. The summed E-state index contributed by atoms with van der Waals surface area (Å²) in [4.78, 5) is 4.07. The van der Waals surface area contributed by atoms with Crippen LogP contribution in [0.15, 0.2) is 30.5 Å². The highest BCUT2D eigenvalue weighted by atomic mass is 35.5. The van der Waals surface area contributed by atoms with Crippen molar-refractivity contribution in [2.45, 2.75) is 25.9 Å². The van der Waals surface area contributed by atoms with E-state index in [-0.39, 0.29) is 6.10 Å². The van der Waals surface area contributed by atoms with Crippen molar-refractivity contribution in [2.75, 3.05) is 5.73 Å². The minimum Gasteiger partial charge on any atom is -0.489 e. The molecule has 0 fully saturated rings. The number of nitrogens with zero attached hydrogens (tertiary/aromatic N) is 1. The van der Waals surface area contributed by atoms with Gasteiger partial charge in [0, 0.05) is 19.0 Å². The summed E-state index contributed by atoms with van der Waals surface area (Å²) in [5.41, 5.74) is 9.34. The predicted octanol–water partition coefficient (Wildman–Crippen LogP) is 3.17. The summed E-state index contributed by atoms with van der Waals surface area (Å²) in [5, 5.41) is 0.607. The number of nitrogen functional groups attached to an aromatic ring is 1. The van der Waals surface area contributed by atoms with Gasteiger partial charge in [-0.3, -0.25) is 0 Å². The fourth-order valence-corrected chi connectivity index (χ4v) is 2.64. The van der Waals surface area contributed by atoms with Crippen LogP contribution in [0.25, 0.3) is 0 Å². The Kier molecular flexibility index (Phi) is 3.07. The van der Waals surface area contributed by atoms with Crippen LogP contribution >= 0.6 is 11.6 Å². The lowest BCUT2D eigenvalue weighted by Crippen LogP contribution is -2.17. The Bertz CT molecular complexity index is 628. The average Bonchev–Trinajstić information content (AvgIpc) is 2.75. The molecular formula is C15H15ClN2O. The van der Waals surface area contributed by atoms with Gasteiger partial charge in [-0.25, -0.2) is 4.98 Å². The minimum atomic E-state index is 0.111. The molecule has 3 rings (SSSR count). The summed E-state index contributed by atoms with van der Waals surface area (Å²) in [7, 11) is 0. The number of fused-ring (bicyclic) bond motifs is 1. The molecule has 1 aromatic carbocycles. The lowest BCUT2D eigenvalue weighted by Gasteiger charge is -2.12. The van der Waals surface area contributed by atoms with Crippen LogP contribution in [0.5, 0.6) is 5.75 Å². The maximum absolute atomic E-state index is 5.95. The number of aryl methyl sites for hydroxylation is 1. The smallest absolute Gasteiger partial charge is 0.126 e. The molecule has 4 heteroatoms. The van der Waals surface area contributed by atoms with Crippen LogP contribution in [-0.2, 0) is 12.8 Å². The molecule has 0 saturated carbocycles. The molecular weight excluding hydrogens is 260 g/mol. The SMILES string of the molecule is Cc1ccc2c(c1)CC(Cc1cc(Cl)cnc1N)O2. The minimum absolute atomic E-state index is 0.111. The molecule has 3 nitrogen and oxygen atoms in total. The van der Waals surface area contributed by atoms with Gasteiger partial charge in [0.05, 0.1) is 5.02 Å². The molecule has 0 saturated heterocycles. The molecule has 0 spiro atoms. The van der Waals surface area contributed by atoms with E-state index in [1.54, 1.807) is 6.20 Å². The molecule has 2 aromatic rings. The number of hydrogen-bond acceptors (Lipinski definition) is 3. The zero-order chi connectivity index (χ0) is 13.4. The van der Waals surface area contributed by atoms with E-state index < -0.39 is 0 Å². The molecule has 0 bridgehead atoms. The van der Waals surface area contributed by atoms with Crippen molar-refractivity contribution in [1.29, 1.82) is 0 Å². The molecule has 1 aliphatic rings. The number of hydrogen-bond donors (Lipinski definition) is 1. The van der Waals surface area contributed by atoms with Crippen molar-refractivity contribution >= 4 is 17.4 Å². The maximum Gasteiger partial charge on any atom is 0.126 e. The topological polar surface area (TPSA) is 48.1 Å². The highest BCUT2D eigenvalue weighted by molar-refractivity contribution is 6.30. The van der Waals surface area contributed by atoms with Gasteiger partial charge < -0.3 is 10.5 Å². The molecule has 1 aromatic heterocycles. The fourth-order valence-electron chi connectivity index (χ4n) is 2.46. The number of ether oxygens (including phenoxy) is 1. The zero-order valence-corrected chi connectivity index (χ0v) is 11.4. The Labute approximate surface area is 117 Å². The van der Waals surface area contributed by atoms with Gasteiger partial charge in [-0.1, -0.05) is 29.3 Å². The summed E-state index contributed by atoms with van der Waals surface area (Å²) in [6.45, 7) is 2.09. The van der Waals surface area contributed by atoms with Crippen LogP contribution in [0.1, 0.15) is 16.7 Å². The van der Waals surface area contributed by atoms with E-state index in [1.165, 1.54) is 11.1 Å². The molecule has 0 aliphatic carbocycles. The summed E-state index contributed by atoms with van der Waals surface area (Å²) in [6, 6.07) is 8.14. The Balaban J connectivity index is 1.78. The summed E-state index contributed by atoms with van der Waals surface area (Å²) in [5.74, 6) is 1.50. The van der Waals surface area contributed by atoms with E-state index in [9.17, 15) is 0 Å². The number of pyridine rings is 1. The second-order valence-corrected chi connectivity index (χ2v) is 5.39. The largest absolute Gasteiger partial charge is 0.489 e. The Hall–Kier alpha value is -1.74. The lowest BCUT2D eigenvalue weighted by atomic mass is 10.0. The summed E-state index contributed by atoms with van der Waals surface area (Å²) in [6.07, 6.45) is 3.31. The van der Waals surface area contributed by atoms with E-state index >= 15 is 0 Å². The van der Waals surface area contributed by atoms with Gasteiger partial charge in [0.2, 0.25) is 0 Å². The third kappa shape index (κ3) is 2.51. The lowest BCUT2D eigenvalue weighted by molar-refractivity contribution is 0.233. The first kappa shape index (κ1) is 12.3. The van der Waals surface area contributed by atoms with Crippen LogP contribution in [-0.4, -0.2) is 11.1 Å². The van der Waals surface area contributed by atoms with Crippen molar-refractivity contribution in [3.05, 3.63) is 52.2 Å². The van der Waals surface area contributed by atoms with Crippen LogP contribution in [0.2, 0.25) is 5.02 Å². The number of aromatic nitrogens is 1. The Morgan fingerprint density at radius 2 is 2.26 bits per heavy atom. The highest BCUT2D eigenvalue weighted by Crippen LogP contribution is 2.31. The molecule has 0 radical (unpaired) electrons. The van der Waals surface area contributed by atoms with Crippen LogP contribution < -0.4 is 10.5 Å². The Morgan fingerprint density at radius 3 is 3.11 bits per heavy atom. The van der Waals surface area contributed by atoms with Crippen molar-refractivity contribution in [3.63, 3.8) is 0 Å². The zero-order valence-electron chi connectivity index (χ0n) is 10.7. The molecule has 98 valence electrons. The molecule has 0 amide bonds. The van der Waals surface area contributed by atoms with E-state index in [4.69, 9.17) is 22.1 Å². The number of nitrogens with two attached hydrogens (primary N) is 1. The van der Waals surface area contributed by atoms with Gasteiger partial charge in [-0.15, -0.1) is 0 Å². The predicted molar refractivity (Wildman–Crippen MR) is 76.7 cm³/mol. The summed E-state index contributed by atoms with van der Waals surface area (Å²) >= 11 is 5.95. The Morgan fingerprint density at radius 1 is 1.42 bits per heavy atom. The first-order valence-electron chi connectivity index (χ1n) is 6.28. The first-order chi connectivity index (χ1) is 9.11. The number of benzene rings is 1. The molecule has 1 unspecified atom stereocenters. The molecule has 19 heavy (non-hydrogen) atoms. The van der Waals surface area contributed by atoms with E-state index in [0.29, 0.717) is 10.8 Å². The third-order valence-electron chi connectivity index (χ3n) is 3.37. The van der Waals surface area contributed by atoms with Crippen LogP contribution in [0.3, 0.4) is 0 Å². The van der Waals surface area contributed by atoms with Crippen LogP contribution in [0, 0.1) is 6.92 Å². The molecule has 2 heterocycles. The molecule has 1 aliphatic heterocycles. The van der Waals surface area contributed by atoms with E-state index in [0.717, 1.165) is 24.2 Å².